The number of aromatic nitrogens is 2. The average molecular weight is 260 g/mol. The van der Waals surface area contributed by atoms with E-state index >= 15 is 0 Å². The van der Waals surface area contributed by atoms with Crippen molar-refractivity contribution < 1.29 is 9.53 Å². The molecule has 4 nitrogen and oxygen atoms in total. The molecule has 3 heterocycles. The zero-order chi connectivity index (χ0) is 12.7. The maximum absolute atomic E-state index is 11.8. The number of carbonyl (C=O) groups excluding carboxylic acids is 1. The summed E-state index contributed by atoms with van der Waals surface area (Å²) in [7, 11) is 0. The highest BCUT2D eigenvalue weighted by atomic mass is 32.2. The molecule has 18 heavy (non-hydrogen) atoms. The Labute approximate surface area is 109 Å². The number of hydrogen-bond donors (Lipinski definition) is 0. The monoisotopic (exact) mass is 260 g/mol. The Morgan fingerprint density at radius 3 is 3.11 bits per heavy atom. The van der Waals surface area contributed by atoms with Crippen LogP contribution < -0.4 is 0 Å². The van der Waals surface area contributed by atoms with Crippen molar-refractivity contribution in [2.24, 2.45) is 0 Å². The van der Waals surface area contributed by atoms with E-state index in [0.717, 1.165) is 21.9 Å². The fourth-order valence-corrected chi connectivity index (χ4v) is 3.07. The number of nitrogens with zero attached hydrogens (tertiary/aromatic N) is 2. The fraction of sp³-hybridized carbons (Fsp3) is 0.231. The van der Waals surface area contributed by atoms with Crippen LogP contribution in [0.3, 0.4) is 0 Å². The number of thioether (sulfide) groups is 1. The molecule has 0 saturated heterocycles. The molecule has 0 unspecified atom stereocenters. The maximum atomic E-state index is 11.8. The molecule has 2 aromatic rings. The standard InChI is InChI=1S/C13H12N2O2S/c1-3-17-13(16)10-6-9-7-14-11-4-8(2)5-12(18-10)15(9)11/h4-7H,3H2,1-2H3. The molecule has 0 fully saturated rings. The van der Waals surface area contributed by atoms with Gasteiger partial charge in [-0.3, -0.25) is 4.40 Å². The van der Waals surface area contributed by atoms with Crippen molar-refractivity contribution in [3.8, 4) is 0 Å². The van der Waals surface area contributed by atoms with Gasteiger partial charge in [-0.05, 0) is 37.6 Å². The highest BCUT2D eigenvalue weighted by Crippen LogP contribution is 2.35. The molecule has 0 bridgehead atoms. The van der Waals surface area contributed by atoms with E-state index in [2.05, 4.69) is 11.1 Å². The predicted molar refractivity (Wildman–Crippen MR) is 70.4 cm³/mol. The number of pyridine rings is 1. The van der Waals surface area contributed by atoms with E-state index in [1.165, 1.54) is 11.8 Å². The van der Waals surface area contributed by atoms with Crippen LogP contribution in [0.4, 0.5) is 0 Å². The van der Waals surface area contributed by atoms with Gasteiger partial charge in [0.1, 0.15) is 10.6 Å². The van der Waals surface area contributed by atoms with Crippen LogP contribution in [-0.2, 0) is 9.53 Å². The lowest BCUT2D eigenvalue weighted by atomic mass is 10.3. The van der Waals surface area contributed by atoms with Gasteiger partial charge in [0.15, 0.2) is 0 Å². The average Bonchev–Trinajstić information content (AvgIpc) is 2.73. The summed E-state index contributed by atoms with van der Waals surface area (Å²) in [4.78, 5) is 16.7. The summed E-state index contributed by atoms with van der Waals surface area (Å²) >= 11 is 1.43. The summed E-state index contributed by atoms with van der Waals surface area (Å²) in [5.74, 6) is -0.274. The van der Waals surface area contributed by atoms with Gasteiger partial charge in [-0.1, -0.05) is 11.8 Å². The second-order valence-electron chi connectivity index (χ2n) is 4.08. The number of imidazole rings is 1. The van der Waals surface area contributed by atoms with Gasteiger partial charge in [-0.2, -0.15) is 0 Å². The summed E-state index contributed by atoms with van der Waals surface area (Å²) in [6.45, 7) is 4.22. The maximum Gasteiger partial charge on any atom is 0.345 e. The van der Waals surface area contributed by atoms with Crippen LogP contribution in [0.5, 0.6) is 0 Å². The number of carbonyl (C=O) groups is 1. The zero-order valence-corrected chi connectivity index (χ0v) is 11.0. The number of ether oxygens (including phenoxy) is 1. The topological polar surface area (TPSA) is 43.6 Å². The predicted octanol–water partition coefficient (Wildman–Crippen LogP) is 2.65. The Morgan fingerprint density at radius 2 is 2.33 bits per heavy atom. The molecule has 0 spiro atoms. The fourth-order valence-electron chi connectivity index (χ4n) is 1.98. The Kier molecular flexibility index (Phi) is 2.63. The summed E-state index contributed by atoms with van der Waals surface area (Å²) in [5.41, 5.74) is 2.96. The van der Waals surface area contributed by atoms with Crippen molar-refractivity contribution >= 4 is 29.5 Å². The van der Waals surface area contributed by atoms with Crippen LogP contribution in [0.15, 0.2) is 28.3 Å². The molecule has 3 rings (SSSR count). The summed E-state index contributed by atoms with van der Waals surface area (Å²) in [5, 5.41) is 1.00. The molecule has 0 aliphatic carbocycles. The first kappa shape index (κ1) is 11.3. The number of rotatable bonds is 2. The Hall–Kier alpha value is -1.75. The van der Waals surface area contributed by atoms with Crippen LogP contribution in [0, 0.1) is 6.92 Å². The number of hydrogen-bond acceptors (Lipinski definition) is 4. The molecule has 0 N–H and O–H groups in total. The van der Waals surface area contributed by atoms with Gasteiger partial charge in [0, 0.05) is 0 Å². The van der Waals surface area contributed by atoms with E-state index < -0.39 is 0 Å². The third kappa shape index (κ3) is 1.71. The SMILES string of the molecule is CCOC(=O)C1=Cc2cnc3cc(C)cc(n23)S1. The van der Waals surface area contributed by atoms with E-state index in [0.29, 0.717) is 11.5 Å². The highest BCUT2D eigenvalue weighted by Gasteiger charge is 2.21. The second kappa shape index (κ2) is 4.17. The molecule has 0 saturated carbocycles. The second-order valence-corrected chi connectivity index (χ2v) is 5.14. The van der Waals surface area contributed by atoms with Gasteiger partial charge in [-0.25, -0.2) is 9.78 Å². The third-order valence-corrected chi connectivity index (χ3v) is 3.73. The molecule has 2 aromatic heterocycles. The Bertz CT molecular complexity index is 673. The first-order valence-electron chi connectivity index (χ1n) is 5.74. The summed E-state index contributed by atoms with van der Waals surface area (Å²) < 4.78 is 7.08. The Morgan fingerprint density at radius 1 is 1.50 bits per heavy atom. The molecule has 0 radical (unpaired) electrons. The molecule has 0 amide bonds. The van der Waals surface area contributed by atoms with Crippen molar-refractivity contribution in [1.29, 1.82) is 0 Å². The largest absolute Gasteiger partial charge is 0.462 e. The molecule has 0 atom stereocenters. The van der Waals surface area contributed by atoms with Crippen molar-refractivity contribution in [2.45, 2.75) is 18.9 Å². The molecule has 0 aromatic carbocycles. The van der Waals surface area contributed by atoms with E-state index in [4.69, 9.17) is 4.74 Å². The minimum atomic E-state index is -0.274. The molecular formula is C13H12N2O2S. The van der Waals surface area contributed by atoms with E-state index in [-0.39, 0.29) is 5.97 Å². The van der Waals surface area contributed by atoms with Crippen LogP contribution in [0.2, 0.25) is 0 Å². The van der Waals surface area contributed by atoms with Crippen molar-refractivity contribution in [1.82, 2.24) is 9.38 Å². The van der Waals surface area contributed by atoms with Crippen LogP contribution in [0.25, 0.3) is 11.7 Å². The van der Waals surface area contributed by atoms with Gasteiger partial charge in [0.05, 0.1) is 23.5 Å². The Balaban J connectivity index is 2.12. The lowest BCUT2D eigenvalue weighted by Crippen LogP contribution is -2.09. The normalized spacial score (nSPS) is 13.6. The first-order valence-corrected chi connectivity index (χ1v) is 6.55. The van der Waals surface area contributed by atoms with Crippen LogP contribution in [0.1, 0.15) is 18.2 Å². The van der Waals surface area contributed by atoms with Crippen molar-refractivity contribution in [3.63, 3.8) is 0 Å². The molecule has 1 aliphatic rings. The van der Waals surface area contributed by atoms with Crippen molar-refractivity contribution in [3.05, 3.63) is 34.5 Å². The number of esters is 1. The minimum absolute atomic E-state index is 0.274. The highest BCUT2D eigenvalue weighted by molar-refractivity contribution is 8.04. The van der Waals surface area contributed by atoms with Gasteiger partial charge >= 0.3 is 5.97 Å². The summed E-state index contributed by atoms with van der Waals surface area (Å²) in [6, 6.07) is 4.08. The molecular weight excluding hydrogens is 248 g/mol. The van der Waals surface area contributed by atoms with Crippen LogP contribution in [-0.4, -0.2) is 22.0 Å². The van der Waals surface area contributed by atoms with Gasteiger partial charge in [0.2, 0.25) is 0 Å². The molecule has 1 aliphatic heterocycles. The molecule has 5 heteroatoms. The third-order valence-electron chi connectivity index (χ3n) is 2.71. The first-order chi connectivity index (χ1) is 8.69. The smallest absolute Gasteiger partial charge is 0.345 e. The lowest BCUT2D eigenvalue weighted by Gasteiger charge is -2.14. The lowest BCUT2D eigenvalue weighted by molar-refractivity contribution is -0.137. The van der Waals surface area contributed by atoms with E-state index in [9.17, 15) is 4.79 Å². The number of aryl methyl sites for hydroxylation is 1. The zero-order valence-electron chi connectivity index (χ0n) is 10.1. The van der Waals surface area contributed by atoms with Crippen molar-refractivity contribution in [2.75, 3.05) is 6.61 Å². The van der Waals surface area contributed by atoms with E-state index in [1.807, 2.05) is 23.5 Å². The minimum Gasteiger partial charge on any atom is -0.462 e. The molecule has 92 valence electrons. The quantitative estimate of drug-likeness (QED) is 0.779. The van der Waals surface area contributed by atoms with Gasteiger partial charge in [-0.15, -0.1) is 0 Å². The van der Waals surface area contributed by atoms with E-state index in [1.54, 1.807) is 13.1 Å². The van der Waals surface area contributed by atoms with Crippen LogP contribution >= 0.6 is 11.8 Å². The van der Waals surface area contributed by atoms with Gasteiger partial charge < -0.3 is 4.74 Å². The van der Waals surface area contributed by atoms with Gasteiger partial charge in [0.25, 0.3) is 0 Å². The summed E-state index contributed by atoms with van der Waals surface area (Å²) in [6.07, 6.45) is 3.60.